The second-order valence-corrected chi connectivity index (χ2v) is 10.9. The maximum absolute atomic E-state index is 13.1. The van der Waals surface area contributed by atoms with Crippen LogP contribution in [-0.2, 0) is 28.6 Å². The van der Waals surface area contributed by atoms with Gasteiger partial charge in [0.25, 0.3) is 0 Å². The van der Waals surface area contributed by atoms with Gasteiger partial charge in [0.1, 0.15) is 12.5 Å². The monoisotopic (exact) mass is 430 g/mol. The van der Waals surface area contributed by atoms with Crippen molar-refractivity contribution in [3.63, 3.8) is 0 Å². The van der Waals surface area contributed by atoms with E-state index in [9.17, 15) is 14.4 Å². The Bertz CT molecular complexity index is 862. The molecule has 0 unspecified atom stereocenters. The molecule has 0 aromatic heterocycles. The van der Waals surface area contributed by atoms with Crippen LogP contribution in [0.25, 0.3) is 0 Å². The zero-order valence-corrected chi connectivity index (χ0v) is 19.1. The number of epoxide rings is 1. The molecule has 0 N–H and O–H groups in total. The number of fused-ring (bicyclic) bond motifs is 7. The maximum atomic E-state index is 13.1. The third-order valence-electron chi connectivity index (χ3n) is 9.77. The third-order valence-corrected chi connectivity index (χ3v) is 9.77. The lowest BCUT2D eigenvalue weighted by molar-refractivity contribution is -0.152. The van der Waals surface area contributed by atoms with E-state index >= 15 is 0 Å². The van der Waals surface area contributed by atoms with Crippen LogP contribution in [0.15, 0.2) is 11.6 Å². The first-order valence-electron chi connectivity index (χ1n) is 11.8. The summed E-state index contributed by atoms with van der Waals surface area (Å²) < 4.78 is 16.3. The molecule has 1 saturated heterocycles. The molecule has 0 radical (unpaired) electrons. The summed E-state index contributed by atoms with van der Waals surface area (Å²) in [5.74, 6) is 0.812. The van der Waals surface area contributed by atoms with Gasteiger partial charge in [-0.25, -0.2) is 0 Å². The van der Waals surface area contributed by atoms with Gasteiger partial charge in [-0.05, 0) is 61.7 Å². The van der Waals surface area contributed by atoms with E-state index in [-0.39, 0.29) is 41.2 Å². The Labute approximate surface area is 184 Å². The molecule has 0 aromatic carbocycles. The summed E-state index contributed by atoms with van der Waals surface area (Å²) in [6.07, 6.45) is 8.99. The number of methoxy groups -OCH3 is 1. The molecule has 5 aliphatic rings. The Morgan fingerprint density at radius 1 is 1.16 bits per heavy atom. The van der Waals surface area contributed by atoms with Gasteiger partial charge in [-0.3, -0.25) is 14.4 Å². The Morgan fingerprint density at radius 2 is 1.94 bits per heavy atom. The van der Waals surface area contributed by atoms with Gasteiger partial charge < -0.3 is 14.2 Å². The fraction of sp³-hybridized carbons (Fsp3) is 0.800. The highest BCUT2D eigenvalue weighted by atomic mass is 16.6. The van der Waals surface area contributed by atoms with Crippen LogP contribution in [-0.4, -0.2) is 42.6 Å². The predicted octanol–water partition coefficient (Wildman–Crippen LogP) is 3.76. The number of hydrogen-bond acceptors (Lipinski definition) is 6. The van der Waals surface area contributed by atoms with Crippen molar-refractivity contribution in [2.45, 2.75) is 89.9 Å². The van der Waals surface area contributed by atoms with E-state index in [2.05, 4.69) is 19.9 Å². The number of ketones is 1. The van der Waals surface area contributed by atoms with Crippen molar-refractivity contribution in [2.75, 3.05) is 7.11 Å². The number of allylic oxidation sites excluding steroid dienone is 1. The molecule has 4 aliphatic carbocycles. The summed E-state index contributed by atoms with van der Waals surface area (Å²) in [5.41, 5.74) is 0.623. The zero-order valence-electron chi connectivity index (χ0n) is 19.1. The molecule has 0 spiro atoms. The third kappa shape index (κ3) is 2.82. The minimum atomic E-state index is -0.783. The Morgan fingerprint density at radius 3 is 2.65 bits per heavy atom. The fourth-order valence-corrected chi connectivity index (χ4v) is 8.21. The first kappa shape index (κ1) is 21.2. The van der Waals surface area contributed by atoms with Gasteiger partial charge in [-0.15, -0.1) is 0 Å². The largest absolute Gasteiger partial charge is 0.469 e. The molecule has 0 aromatic rings. The van der Waals surface area contributed by atoms with Crippen molar-refractivity contribution in [1.82, 2.24) is 0 Å². The zero-order chi connectivity index (χ0) is 22.2. The number of hydrogen-bond donors (Lipinski definition) is 0. The predicted molar refractivity (Wildman–Crippen MR) is 112 cm³/mol. The highest BCUT2D eigenvalue weighted by Crippen LogP contribution is 2.73. The average molecular weight is 431 g/mol. The molecule has 170 valence electrons. The van der Waals surface area contributed by atoms with Gasteiger partial charge in [-0.2, -0.15) is 0 Å². The van der Waals surface area contributed by atoms with Gasteiger partial charge in [0.15, 0.2) is 11.4 Å². The molecular weight excluding hydrogens is 396 g/mol. The van der Waals surface area contributed by atoms with Crippen LogP contribution < -0.4 is 0 Å². The molecule has 6 heteroatoms. The van der Waals surface area contributed by atoms with Crippen LogP contribution >= 0.6 is 0 Å². The summed E-state index contributed by atoms with van der Waals surface area (Å²) in [7, 11) is 1.33. The van der Waals surface area contributed by atoms with Gasteiger partial charge in [0.2, 0.25) is 0 Å². The molecule has 8 atom stereocenters. The van der Waals surface area contributed by atoms with Crippen LogP contribution in [0.5, 0.6) is 0 Å². The minimum Gasteiger partial charge on any atom is -0.469 e. The van der Waals surface area contributed by atoms with Gasteiger partial charge in [0.05, 0.1) is 13.2 Å². The summed E-state index contributed by atoms with van der Waals surface area (Å²) in [6, 6.07) is 0. The van der Waals surface area contributed by atoms with Crippen molar-refractivity contribution >= 4 is 17.7 Å². The quantitative estimate of drug-likeness (QED) is 0.292. The summed E-state index contributed by atoms with van der Waals surface area (Å²) in [4.78, 5) is 36.4. The first-order valence-corrected chi connectivity index (χ1v) is 11.8. The molecule has 5 rings (SSSR count). The number of carbonyl (C=O) groups excluding carboxylic acids is 3. The minimum absolute atomic E-state index is 0.00830. The number of ether oxygens (including phenoxy) is 3. The summed E-state index contributed by atoms with van der Waals surface area (Å²) >= 11 is 0. The maximum Gasteiger partial charge on any atom is 0.313 e. The lowest BCUT2D eigenvalue weighted by Crippen LogP contribution is -2.54. The van der Waals surface area contributed by atoms with E-state index in [1.807, 2.05) is 0 Å². The molecule has 6 nitrogen and oxygen atoms in total. The fourth-order valence-electron chi connectivity index (χ4n) is 8.21. The number of esters is 2. The van der Waals surface area contributed by atoms with Gasteiger partial charge >= 0.3 is 11.9 Å². The molecule has 0 bridgehead atoms. The van der Waals surface area contributed by atoms with E-state index in [0.717, 1.165) is 44.9 Å². The van der Waals surface area contributed by atoms with E-state index in [1.54, 1.807) is 0 Å². The molecule has 1 heterocycles. The van der Waals surface area contributed by atoms with Crippen molar-refractivity contribution in [3.8, 4) is 0 Å². The van der Waals surface area contributed by atoms with E-state index in [1.165, 1.54) is 19.6 Å². The first-order chi connectivity index (χ1) is 14.7. The normalized spacial score (nSPS) is 47.1. The van der Waals surface area contributed by atoms with E-state index in [0.29, 0.717) is 17.8 Å². The summed E-state index contributed by atoms with van der Waals surface area (Å²) in [6.45, 7) is 6.13. The van der Waals surface area contributed by atoms with Crippen LogP contribution in [0.2, 0.25) is 0 Å². The second-order valence-electron chi connectivity index (χ2n) is 10.9. The van der Waals surface area contributed by atoms with E-state index in [4.69, 9.17) is 14.2 Å². The molecule has 4 fully saturated rings. The second kappa shape index (κ2) is 6.90. The Hall–Kier alpha value is -1.69. The van der Waals surface area contributed by atoms with Crippen molar-refractivity contribution in [1.29, 1.82) is 0 Å². The van der Waals surface area contributed by atoms with Crippen molar-refractivity contribution in [2.24, 2.45) is 28.6 Å². The molecule has 0 amide bonds. The number of carbonyl (C=O) groups is 3. The lowest BCUT2D eigenvalue weighted by Gasteiger charge is -2.58. The van der Waals surface area contributed by atoms with E-state index < -0.39 is 11.6 Å². The SMILES string of the molecule is COC(=O)CC(=O)[C@]12O[C@@H]1C[C@H]1[C@@H]3CC=C4C[C@H](OC(C)=O)CC[C@]4(C)[C@H]3CC[C@@]12C. The number of rotatable bonds is 4. The molecule has 3 saturated carbocycles. The average Bonchev–Trinajstić information content (AvgIpc) is 3.40. The Balaban J connectivity index is 1.39. The highest BCUT2D eigenvalue weighted by molar-refractivity contribution is 6.03. The lowest BCUT2D eigenvalue weighted by atomic mass is 9.47. The topological polar surface area (TPSA) is 82.2 Å². The molecule has 1 aliphatic heterocycles. The van der Waals surface area contributed by atoms with Gasteiger partial charge in [-0.1, -0.05) is 25.5 Å². The van der Waals surface area contributed by atoms with Crippen LogP contribution in [0.1, 0.15) is 72.1 Å². The van der Waals surface area contributed by atoms with Crippen molar-refractivity contribution in [3.05, 3.63) is 11.6 Å². The van der Waals surface area contributed by atoms with Crippen molar-refractivity contribution < 1.29 is 28.6 Å². The molecule has 31 heavy (non-hydrogen) atoms. The summed E-state index contributed by atoms with van der Waals surface area (Å²) in [5, 5.41) is 0. The highest BCUT2D eigenvalue weighted by Gasteiger charge is 2.80. The van der Waals surface area contributed by atoms with Crippen LogP contribution in [0.4, 0.5) is 0 Å². The van der Waals surface area contributed by atoms with Crippen LogP contribution in [0.3, 0.4) is 0 Å². The molecular formula is C25H34O6. The van der Waals surface area contributed by atoms with Gasteiger partial charge in [0, 0.05) is 18.8 Å². The Kier molecular flexibility index (Phi) is 4.71. The van der Waals surface area contributed by atoms with Crippen LogP contribution in [0, 0.1) is 28.6 Å². The smallest absolute Gasteiger partial charge is 0.313 e. The number of Topliss-reactive ketones (excluding diaryl/α,β-unsaturated/α-hetero) is 1. The standard InChI is InChI=1S/C25H34O6/c1-14(26)30-16-7-9-23(2)15(11-16)5-6-17-18(23)8-10-24(3)19(17)12-21-25(24,31-21)20(27)13-22(28)29-4/h5,16-19,21H,6-13H2,1-4H3/t16-,17-,18+,19+,21-,23+,24+,25+/m1/s1.